The van der Waals surface area contributed by atoms with Gasteiger partial charge >= 0.3 is 0 Å². The number of nitrogens with one attached hydrogen (secondary N) is 1. The fourth-order valence-corrected chi connectivity index (χ4v) is 2.17. The van der Waals surface area contributed by atoms with Gasteiger partial charge in [0.25, 0.3) is 0 Å². The van der Waals surface area contributed by atoms with Crippen LogP contribution in [0.3, 0.4) is 0 Å². The van der Waals surface area contributed by atoms with Gasteiger partial charge < -0.3 is 15.0 Å². The minimum atomic E-state index is -0.248. The Morgan fingerprint density at radius 2 is 1.88 bits per heavy atom. The van der Waals surface area contributed by atoms with Crippen LogP contribution in [0, 0.1) is 6.92 Å². The summed E-state index contributed by atoms with van der Waals surface area (Å²) in [6, 6.07) is 14.9. The fraction of sp³-hybridized carbons (Fsp3) is 0.200. The molecule has 0 aromatic heterocycles. The highest BCUT2D eigenvalue weighted by Crippen LogP contribution is 2.13. The summed E-state index contributed by atoms with van der Waals surface area (Å²) in [5, 5.41) is 2.77. The van der Waals surface area contributed by atoms with E-state index >= 15 is 0 Å². The summed E-state index contributed by atoms with van der Waals surface area (Å²) in [6.07, 6.45) is 3.13. The number of hydrogen-bond acceptors (Lipinski definition) is 3. The van der Waals surface area contributed by atoms with Crippen molar-refractivity contribution in [2.75, 3.05) is 26.0 Å². The van der Waals surface area contributed by atoms with Gasteiger partial charge in [0, 0.05) is 18.8 Å². The minimum absolute atomic E-state index is 0.0187. The molecule has 2 aromatic rings. The van der Waals surface area contributed by atoms with Gasteiger partial charge in [0.1, 0.15) is 5.75 Å². The van der Waals surface area contributed by atoms with E-state index in [1.807, 2.05) is 55.5 Å². The van der Waals surface area contributed by atoms with Gasteiger partial charge in [-0.1, -0.05) is 29.8 Å². The van der Waals surface area contributed by atoms with Crippen LogP contribution in [0.4, 0.5) is 5.69 Å². The van der Waals surface area contributed by atoms with E-state index in [2.05, 4.69) is 5.32 Å². The zero-order valence-electron chi connectivity index (χ0n) is 14.7. The molecule has 0 heterocycles. The Labute approximate surface area is 147 Å². The monoisotopic (exact) mass is 338 g/mol. The number of likely N-dealkylation sites (N-methyl/N-ethyl adjacent to an activating group) is 1. The van der Waals surface area contributed by atoms with Crippen LogP contribution < -0.4 is 10.1 Å². The first-order valence-corrected chi connectivity index (χ1v) is 7.91. The topological polar surface area (TPSA) is 58.6 Å². The van der Waals surface area contributed by atoms with Gasteiger partial charge in [-0.25, -0.2) is 0 Å². The van der Waals surface area contributed by atoms with Crippen molar-refractivity contribution in [3.63, 3.8) is 0 Å². The lowest BCUT2D eigenvalue weighted by Crippen LogP contribution is -2.33. The molecule has 0 radical (unpaired) electrons. The van der Waals surface area contributed by atoms with Crippen LogP contribution in [0.1, 0.15) is 11.1 Å². The molecule has 25 heavy (non-hydrogen) atoms. The maximum absolute atomic E-state index is 12.1. The standard InChI is InChI=1S/C20H22N2O3/c1-15-7-10-17(11-8-15)21-19(23)14-22(2)20(24)12-9-16-5-4-6-18(13-16)25-3/h4-13H,14H2,1-3H3,(H,21,23). The third-order valence-electron chi connectivity index (χ3n) is 3.60. The van der Waals surface area contributed by atoms with E-state index in [4.69, 9.17) is 4.74 Å². The average Bonchev–Trinajstić information content (AvgIpc) is 2.61. The highest BCUT2D eigenvalue weighted by atomic mass is 16.5. The normalized spacial score (nSPS) is 10.5. The van der Waals surface area contributed by atoms with E-state index in [1.165, 1.54) is 11.0 Å². The summed E-state index contributed by atoms with van der Waals surface area (Å²) < 4.78 is 5.14. The molecule has 2 amide bonds. The lowest BCUT2D eigenvalue weighted by atomic mass is 10.2. The number of methoxy groups -OCH3 is 1. The lowest BCUT2D eigenvalue weighted by Gasteiger charge is -2.15. The van der Waals surface area contributed by atoms with E-state index in [9.17, 15) is 9.59 Å². The number of amides is 2. The summed E-state index contributed by atoms with van der Waals surface area (Å²) >= 11 is 0. The van der Waals surface area contributed by atoms with E-state index in [0.29, 0.717) is 5.69 Å². The lowest BCUT2D eigenvalue weighted by molar-refractivity contribution is -0.129. The van der Waals surface area contributed by atoms with E-state index < -0.39 is 0 Å². The molecule has 5 heteroatoms. The number of carbonyl (C=O) groups is 2. The van der Waals surface area contributed by atoms with Crippen molar-refractivity contribution in [3.05, 3.63) is 65.7 Å². The third-order valence-corrected chi connectivity index (χ3v) is 3.60. The van der Waals surface area contributed by atoms with Crippen LogP contribution in [0.5, 0.6) is 5.75 Å². The second-order valence-corrected chi connectivity index (χ2v) is 5.72. The van der Waals surface area contributed by atoms with E-state index in [1.54, 1.807) is 20.2 Å². The number of nitrogens with zero attached hydrogens (tertiary/aromatic N) is 1. The molecule has 5 nitrogen and oxygen atoms in total. The molecule has 0 saturated heterocycles. The quantitative estimate of drug-likeness (QED) is 0.823. The SMILES string of the molecule is COc1cccc(C=CC(=O)N(C)CC(=O)Nc2ccc(C)cc2)c1. The summed E-state index contributed by atoms with van der Waals surface area (Å²) in [7, 11) is 3.18. The molecule has 0 bridgehead atoms. The van der Waals surface area contributed by atoms with Crippen LogP contribution in [0.2, 0.25) is 0 Å². The summed E-state index contributed by atoms with van der Waals surface area (Å²) in [5.41, 5.74) is 2.68. The Hall–Kier alpha value is -3.08. The predicted octanol–water partition coefficient (Wildman–Crippen LogP) is 3.11. The zero-order chi connectivity index (χ0) is 18.2. The minimum Gasteiger partial charge on any atom is -0.497 e. The molecule has 0 spiro atoms. The maximum Gasteiger partial charge on any atom is 0.246 e. The van der Waals surface area contributed by atoms with Gasteiger partial charge in [0.15, 0.2) is 0 Å². The summed E-state index contributed by atoms with van der Waals surface area (Å²) in [6.45, 7) is 1.96. The Bertz CT molecular complexity index is 767. The van der Waals surface area contributed by atoms with Gasteiger partial charge in [-0.3, -0.25) is 9.59 Å². The second kappa shape index (κ2) is 8.68. The predicted molar refractivity (Wildman–Crippen MR) is 99.5 cm³/mol. The fourth-order valence-electron chi connectivity index (χ4n) is 2.17. The number of anilines is 1. The van der Waals surface area contributed by atoms with E-state index in [-0.39, 0.29) is 18.4 Å². The van der Waals surface area contributed by atoms with Gasteiger partial charge in [-0.2, -0.15) is 0 Å². The first-order chi connectivity index (χ1) is 12.0. The summed E-state index contributed by atoms with van der Waals surface area (Å²) in [4.78, 5) is 25.5. The molecule has 0 fully saturated rings. The number of ether oxygens (including phenoxy) is 1. The molecule has 0 saturated carbocycles. The molecule has 0 aliphatic carbocycles. The molecule has 0 unspecified atom stereocenters. The molecule has 0 atom stereocenters. The van der Waals surface area contributed by atoms with Gasteiger partial charge in [0.2, 0.25) is 11.8 Å². The Morgan fingerprint density at radius 1 is 1.16 bits per heavy atom. The smallest absolute Gasteiger partial charge is 0.246 e. The van der Waals surface area contributed by atoms with Crippen molar-refractivity contribution < 1.29 is 14.3 Å². The van der Waals surface area contributed by atoms with Crippen molar-refractivity contribution in [1.82, 2.24) is 4.90 Å². The van der Waals surface area contributed by atoms with Crippen molar-refractivity contribution in [3.8, 4) is 5.75 Å². The first kappa shape index (κ1) is 18.3. The summed E-state index contributed by atoms with van der Waals surface area (Å²) in [5.74, 6) is 0.233. The van der Waals surface area contributed by atoms with Crippen molar-refractivity contribution >= 4 is 23.6 Å². The molecular weight excluding hydrogens is 316 g/mol. The third kappa shape index (κ3) is 5.80. The van der Waals surface area contributed by atoms with Crippen LogP contribution >= 0.6 is 0 Å². The maximum atomic E-state index is 12.1. The molecule has 2 rings (SSSR count). The molecule has 1 N–H and O–H groups in total. The number of carbonyl (C=O) groups excluding carboxylic acids is 2. The molecule has 130 valence electrons. The van der Waals surface area contributed by atoms with Gasteiger partial charge in [-0.05, 0) is 42.8 Å². The Kier molecular flexibility index (Phi) is 6.34. The number of aryl methyl sites for hydroxylation is 1. The molecule has 2 aromatic carbocycles. The molecule has 0 aliphatic rings. The zero-order valence-corrected chi connectivity index (χ0v) is 14.7. The Morgan fingerprint density at radius 3 is 2.56 bits per heavy atom. The van der Waals surface area contributed by atoms with Crippen LogP contribution in [-0.4, -0.2) is 37.4 Å². The van der Waals surface area contributed by atoms with Crippen molar-refractivity contribution in [1.29, 1.82) is 0 Å². The number of benzene rings is 2. The average molecular weight is 338 g/mol. The molecule has 0 aliphatic heterocycles. The van der Waals surface area contributed by atoms with Crippen LogP contribution in [0.25, 0.3) is 6.08 Å². The highest BCUT2D eigenvalue weighted by molar-refractivity contribution is 5.97. The van der Waals surface area contributed by atoms with Gasteiger partial charge in [-0.15, -0.1) is 0 Å². The largest absolute Gasteiger partial charge is 0.497 e. The van der Waals surface area contributed by atoms with E-state index in [0.717, 1.165) is 16.9 Å². The molecular formula is C20H22N2O3. The first-order valence-electron chi connectivity index (χ1n) is 7.91. The van der Waals surface area contributed by atoms with Crippen LogP contribution in [0.15, 0.2) is 54.6 Å². The number of hydrogen-bond donors (Lipinski definition) is 1. The van der Waals surface area contributed by atoms with Crippen LogP contribution in [-0.2, 0) is 9.59 Å². The van der Waals surface area contributed by atoms with Crippen molar-refractivity contribution in [2.45, 2.75) is 6.92 Å². The Balaban J connectivity index is 1.89. The van der Waals surface area contributed by atoms with Gasteiger partial charge in [0.05, 0.1) is 13.7 Å². The van der Waals surface area contributed by atoms with Crippen molar-refractivity contribution in [2.24, 2.45) is 0 Å². The second-order valence-electron chi connectivity index (χ2n) is 5.72. The highest BCUT2D eigenvalue weighted by Gasteiger charge is 2.10. The number of rotatable bonds is 6.